The van der Waals surface area contributed by atoms with Gasteiger partial charge in [-0.05, 0) is 11.6 Å². The van der Waals surface area contributed by atoms with Crippen LogP contribution in [-0.2, 0) is 0 Å². The summed E-state index contributed by atoms with van der Waals surface area (Å²) in [5, 5.41) is 0.458. The van der Waals surface area contributed by atoms with Crippen LogP contribution in [0.25, 0.3) is 0 Å². The Morgan fingerprint density at radius 1 is 0.647 bits per heavy atom. The summed E-state index contributed by atoms with van der Waals surface area (Å²) in [5.41, 5.74) is 0. The Labute approximate surface area is 113 Å². The van der Waals surface area contributed by atoms with Gasteiger partial charge in [0.15, 0.2) is 0 Å². The molecule has 0 amide bonds. The highest BCUT2D eigenvalue weighted by atomic mass is 31.0. The molecule has 0 rings (SSSR count). The van der Waals surface area contributed by atoms with Gasteiger partial charge in [0.25, 0.3) is 0 Å². The molecular formula is C16H35P. The van der Waals surface area contributed by atoms with Crippen molar-refractivity contribution >= 4 is 9.24 Å². The zero-order valence-electron chi connectivity index (χ0n) is 12.6. The topological polar surface area (TPSA) is 0 Å². The summed E-state index contributed by atoms with van der Waals surface area (Å²) in [7, 11) is 2.95. The molecule has 0 aliphatic carbocycles. The molecule has 17 heavy (non-hydrogen) atoms. The van der Waals surface area contributed by atoms with E-state index in [0.717, 1.165) is 0 Å². The maximum absolute atomic E-state index is 2.95. The van der Waals surface area contributed by atoms with Crippen molar-refractivity contribution in [2.45, 2.75) is 103 Å². The van der Waals surface area contributed by atoms with Gasteiger partial charge in [-0.1, -0.05) is 91.4 Å². The lowest BCUT2D eigenvalue weighted by Crippen LogP contribution is -2.07. The Bertz CT molecular complexity index is 146. The van der Waals surface area contributed by atoms with E-state index in [1.54, 1.807) is 0 Å². The van der Waals surface area contributed by atoms with Crippen LogP contribution in [0.15, 0.2) is 0 Å². The fourth-order valence-corrected chi connectivity index (χ4v) is 2.45. The van der Waals surface area contributed by atoms with Crippen molar-refractivity contribution in [3.8, 4) is 0 Å². The largest absolute Gasteiger partial charge is 0.132 e. The molecule has 0 aromatic rings. The van der Waals surface area contributed by atoms with Gasteiger partial charge < -0.3 is 0 Å². The van der Waals surface area contributed by atoms with Crippen molar-refractivity contribution < 1.29 is 0 Å². The van der Waals surface area contributed by atoms with E-state index >= 15 is 0 Å². The van der Waals surface area contributed by atoms with E-state index in [0.29, 0.717) is 5.16 Å². The summed E-state index contributed by atoms with van der Waals surface area (Å²) >= 11 is 0. The van der Waals surface area contributed by atoms with Crippen molar-refractivity contribution in [3.05, 3.63) is 0 Å². The maximum atomic E-state index is 2.95. The highest BCUT2D eigenvalue weighted by Gasteiger charge is 2.08. The zero-order chi connectivity index (χ0) is 13.0. The van der Waals surface area contributed by atoms with Gasteiger partial charge in [-0.15, -0.1) is 9.24 Å². The smallest absolute Gasteiger partial charge is 0.0207 e. The van der Waals surface area contributed by atoms with Crippen LogP contribution in [0.5, 0.6) is 0 Å². The van der Waals surface area contributed by atoms with E-state index < -0.39 is 0 Å². The van der Waals surface area contributed by atoms with Crippen LogP contribution < -0.4 is 0 Å². The number of hydrogen-bond donors (Lipinski definition) is 0. The minimum Gasteiger partial charge on any atom is -0.132 e. The quantitative estimate of drug-likeness (QED) is 0.283. The third kappa shape index (κ3) is 16.4. The average molecular weight is 258 g/mol. The van der Waals surface area contributed by atoms with Crippen molar-refractivity contribution in [1.82, 2.24) is 0 Å². The van der Waals surface area contributed by atoms with Crippen LogP contribution >= 0.6 is 9.24 Å². The van der Waals surface area contributed by atoms with Crippen LogP contribution in [0.1, 0.15) is 97.8 Å². The molecule has 0 N–H and O–H groups in total. The minimum atomic E-state index is 0.458. The highest BCUT2D eigenvalue weighted by Crippen LogP contribution is 2.24. The van der Waals surface area contributed by atoms with E-state index in [4.69, 9.17) is 0 Å². The lowest BCUT2D eigenvalue weighted by molar-refractivity contribution is 0.523. The van der Waals surface area contributed by atoms with Crippen LogP contribution in [0.2, 0.25) is 0 Å². The summed E-state index contributed by atoms with van der Waals surface area (Å²) in [5.74, 6) is 0. The SMILES string of the molecule is CCCCCCCCCCCCCC(C)(C)P. The van der Waals surface area contributed by atoms with E-state index in [-0.39, 0.29) is 0 Å². The number of hydrogen-bond acceptors (Lipinski definition) is 0. The standard InChI is InChI=1S/C16H35P/c1-4-5-6-7-8-9-10-11-12-13-14-15-16(2,3)17/h4-15,17H2,1-3H3. The summed E-state index contributed by atoms with van der Waals surface area (Å²) in [6.45, 7) is 6.91. The van der Waals surface area contributed by atoms with Gasteiger partial charge in [0.1, 0.15) is 0 Å². The first kappa shape index (κ1) is 17.4. The first-order valence-electron chi connectivity index (χ1n) is 7.85. The second kappa shape index (κ2) is 11.5. The molecule has 1 unspecified atom stereocenters. The Kier molecular flexibility index (Phi) is 11.8. The summed E-state index contributed by atoms with van der Waals surface area (Å²) in [6, 6.07) is 0. The maximum Gasteiger partial charge on any atom is -0.0207 e. The van der Waals surface area contributed by atoms with Crippen molar-refractivity contribution in [2.24, 2.45) is 0 Å². The molecule has 0 aliphatic heterocycles. The molecule has 0 bridgehead atoms. The van der Waals surface area contributed by atoms with Gasteiger partial charge in [-0.2, -0.15) is 0 Å². The molecule has 0 aliphatic rings. The molecule has 0 saturated carbocycles. The Morgan fingerprint density at radius 3 is 1.35 bits per heavy atom. The number of unbranched alkanes of at least 4 members (excludes halogenated alkanes) is 10. The minimum absolute atomic E-state index is 0.458. The third-order valence-corrected chi connectivity index (χ3v) is 3.71. The van der Waals surface area contributed by atoms with Crippen LogP contribution in [0, 0.1) is 0 Å². The monoisotopic (exact) mass is 258 g/mol. The lowest BCUT2D eigenvalue weighted by atomic mass is 10.0. The molecule has 0 heterocycles. The van der Waals surface area contributed by atoms with Gasteiger partial charge in [0.05, 0.1) is 0 Å². The summed E-state index contributed by atoms with van der Waals surface area (Å²) in [6.07, 6.45) is 17.3. The first-order chi connectivity index (χ1) is 8.06. The predicted molar refractivity (Wildman–Crippen MR) is 84.9 cm³/mol. The van der Waals surface area contributed by atoms with Crippen LogP contribution in [0.3, 0.4) is 0 Å². The normalized spacial score (nSPS) is 12.0. The van der Waals surface area contributed by atoms with E-state index in [1.807, 2.05) is 0 Å². The van der Waals surface area contributed by atoms with E-state index in [2.05, 4.69) is 30.0 Å². The van der Waals surface area contributed by atoms with Crippen molar-refractivity contribution in [2.75, 3.05) is 0 Å². The van der Waals surface area contributed by atoms with E-state index in [9.17, 15) is 0 Å². The molecule has 0 aromatic heterocycles. The van der Waals surface area contributed by atoms with Crippen molar-refractivity contribution in [3.63, 3.8) is 0 Å². The molecule has 1 heteroatoms. The molecular weight excluding hydrogens is 223 g/mol. The number of rotatable bonds is 12. The Balaban J connectivity index is 2.99. The van der Waals surface area contributed by atoms with Gasteiger partial charge in [-0.25, -0.2) is 0 Å². The fourth-order valence-electron chi connectivity index (χ4n) is 2.24. The third-order valence-electron chi connectivity index (χ3n) is 3.42. The van der Waals surface area contributed by atoms with Gasteiger partial charge in [0.2, 0.25) is 0 Å². The second-order valence-electron chi connectivity index (χ2n) is 6.27. The van der Waals surface area contributed by atoms with Crippen LogP contribution in [-0.4, -0.2) is 5.16 Å². The molecule has 1 atom stereocenters. The predicted octanol–water partition coefficient (Wildman–Crippen LogP) is 6.34. The Morgan fingerprint density at radius 2 is 1.00 bits per heavy atom. The molecule has 0 aromatic carbocycles. The lowest BCUT2D eigenvalue weighted by Gasteiger charge is -2.17. The molecule has 0 spiro atoms. The first-order valence-corrected chi connectivity index (χ1v) is 8.43. The highest BCUT2D eigenvalue weighted by molar-refractivity contribution is 7.18. The summed E-state index contributed by atoms with van der Waals surface area (Å²) in [4.78, 5) is 0. The van der Waals surface area contributed by atoms with Crippen molar-refractivity contribution in [1.29, 1.82) is 0 Å². The summed E-state index contributed by atoms with van der Waals surface area (Å²) < 4.78 is 0. The van der Waals surface area contributed by atoms with Crippen LogP contribution in [0.4, 0.5) is 0 Å². The second-order valence-corrected chi connectivity index (χ2v) is 7.84. The Hall–Kier alpha value is 0.430. The molecule has 0 saturated heterocycles. The molecule has 0 radical (unpaired) electrons. The average Bonchev–Trinajstić information content (AvgIpc) is 2.24. The molecule has 0 nitrogen and oxygen atoms in total. The zero-order valence-corrected chi connectivity index (χ0v) is 13.7. The molecule has 0 fully saturated rings. The van der Waals surface area contributed by atoms with E-state index in [1.165, 1.54) is 77.0 Å². The molecule has 104 valence electrons. The van der Waals surface area contributed by atoms with Gasteiger partial charge in [0, 0.05) is 0 Å². The fraction of sp³-hybridized carbons (Fsp3) is 1.00. The van der Waals surface area contributed by atoms with Gasteiger partial charge in [-0.3, -0.25) is 0 Å². The van der Waals surface area contributed by atoms with Gasteiger partial charge >= 0.3 is 0 Å².